The van der Waals surface area contributed by atoms with Crippen LogP contribution in [0.15, 0.2) is 22.7 Å². The van der Waals surface area contributed by atoms with E-state index in [1.54, 1.807) is 6.07 Å². The monoisotopic (exact) mass is 307 g/mol. The SMILES string of the molecule is Fc1ccc(NCC2CCC(F)(F)C2)c(Br)c1. The van der Waals surface area contributed by atoms with Crippen molar-refractivity contribution in [2.45, 2.75) is 25.2 Å². The van der Waals surface area contributed by atoms with E-state index in [1.807, 2.05) is 0 Å². The normalized spacial score (nSPS) is 22.7. The zero-order valence-electron chi connectivity index (χ0n) is 9.15. The van der Waals surface area contributed by atoms with Crippen LogP contribution in [0, 0.1) is 11.7 Å². The smallest absolute Gasteiger partial charge is 0.248 e. The first-order valence-corrected chi connectivity index (χ1v) is 6.32. The molecule has 17 heavy (non-hydrogen) atoms. The Bertz CT molecular complexity index is 409. The summed E-state index contributed by atoms with van der Waals surface area (Å²) in [5.74, 6) is -2.84. The minimum absolute atomic E-state index is 0.0121. The van der Waals surface area contributed by atoms with E-state index in [1.165, 1.54) is 12.1 Å². The minimum atomic E-state index is -2.51. The standard InChI is InChI=1S/C12H13BrF3N/c13-10-5-9(14)1-2-11(10)17-7-8-3-4-12(15,16)6-8/h1-2,5,8,17H,3-4,6-7H2. The second-order valence-electron chi connectivity index (χ2n) is 4.47. The second kappa shape index (κ2) is 4.88. The van der Waals surface area contributed by atoms with Gasteiger partial charge in [-0.25, -0.2) is 13.2 Å². The summed E-state index contributed by atoms with van der Waals surface area (Å²) in [5, 5.41) is 3.07. The number of hydrogen-bond acceptors (Lipinski definition) is 1. The van der Waals surface area contributed by atoms with Gasteiger partial charge in [0.2, 0.25) is 5.92 Å². The predicted octanol–water partition coefficient (Wildman–Crippen LogP) is 4.44. The quantitative estimate of drug-likeness (QED) is 0.870. The van der Waals surface area contributed by atoms with E-state index in [9.17, 15) is 13.2 Å². The fourth-order valence-corrected chi connectivity index (χ4v) is 2.59. The predicted molar refractivity (Wildman–Crippen MR) is 64.9 cm³/mol. The highest BCUT2D eigenvalue weighted by molar-refractivity contribution is 9.10. The van der Waals surface area contributed by atoms with Gasteiger partial charge in [0.1, 0.15) is 5.82 Å². The number of benzene rings is 1. The molecule has 1 aliphatic carbocycles. The van der Waals surface area contributed by atoms with Crippen LogP contribution in [0.3, 0.4) is 0 Å². The maximum atomic E-state index is 13.0. The van der Waals surface area contributed by atoms with Gasteiger partial charge in [-0.2, -0.15) is 0 Å². The van der Waals surface area contributed by atoms with Crippen LogP contribution in [0.1, 0.15) is 19.3 Å². The summed E-state index contributed by atoms with van der Waals surface area (Å²) in [6.45, 7) is 0.500. The van der Waals surface area contributed by atoms with Gasteiger partial charge < -0.3 is 5.32 Å². The summed E-state index contributed by atoms with van der Waals surface area (Å²) in [5.41, 5.74) is 0.738. The Labute approximate surface area is 107 Å². The molecule has 1 atom stereocenters. The molecule has 1 unspecified atom stereocenters. The number of nitrogens with one attached hydrogen (secondary N) is 1. The molecular formula is C12H13BrF3N. The molecule has 1 nitrogen and oxygen atoms in total. The van der Waals surface area contributed by atoms with Gasteiger partial charge in [0, 0.05) is 29.5 Å². The molecule has 1 fully saturated rings. The molecule has 1 aromatic rings. The molecule has 5 heteroatoms. The molecule has 0 aromatic heterocycles. The first-order chi connectivity index (χ1) is 7.96. The second-order valence-corrected chi connectivity index (χ2v) is 5.32. The molecule has 94 valence electrons. The number of halogens is 4. The lowest BCUT2D eigenvalue weighted by atomic mass is 10.1. The van der Waals surface area contributed by atoms with Crippen LogP contribution in [-0.2, 0) is 0 Å². The molecular weight excluding hydrogens is 295 g/mol. The van der Waals surface area contributed by atoms with Gasteiger partial charge in [0.15, 0.2) is 0 Å². The third-order valence-electron chi connectivity index (χ3n) is 3.02. The zero-order chi connectivity index (χ0) is 12.5. The third-order valence-corrected chi connectivity index (χ3v) is 3.67. The van der Waals surface area contributed by atoms with Crippen molar-refractivity contribution in [3.8, 4) is 0 Å². The van der Waals surface area contributed by atoms with Crippen molar-refractivity contribution < 1.29 is 13.2 Å². The Kier molecular flexibility index (Phi) is 3.66. The highest BCUT2D eigenvalue weighted by Gasteiger charge is 2.39. The van der Waals surface area contributed by atoms with Crippen LogP contribution < -0.4 is 5.32 Å². The number of anilines is 1. The molecule has 0 radical (unpaired) electrons. The van der Waals surface area contributed by atoms with Crippen LogP contribution in [0.25, 0.3) is 0 Å². The number of alkyl halides is 2. The Hall–Kier alpha value is -0.710. The van der Waals surface area contributed by atoms with E-state index in [2.05, 4.69) is 21.2 Å². The van der Waals surface area contributed by atoms with Crippen molar-refractivity contribution in [3.63, 3.8) is 0 Å². The van der Waals surface area contributed by atoms with E-state index in [-0.39, 0.29) is 24.6 Å². The van der Waals surface area contributed by atoms with E-state index in [4.69, 9.17) is 0 Å². The van der Waals surface area contributed by atoms with E-state index >= 15 is 0 Å². The van der Waals surface area contributed by atoms with Crippen molar-refractivity contribution in [3.05, 3.63) is 28.5 Å². The summed E-state index contributed by atoms with van der Waals surface area (Å²) >= 11 is 3.23. The lowest BCUT2D eigenvalue weighted by molar-refractivity contribution is 0.00556. The molecule has 0 aliphatic heterocycles. The highest BCUT2D eigenvalue weighted by atomic mass is 79.9. The molecule has 2 rings (SSSR count). The third kappa shape index (κ3) is 3.37. The fourth-order valence-electron chi connectivity index (χ4n) is 2.10. The topological polar surface area (TPSA) is 12.0 Å². The van der Waals surface area contributed by atoms with Crippen molar-refractivity contribution in [2.24, 2.45) is 5.92 Å². The van der Waals surface area contributed by atoms with Gasteiger partial charge >= 0.3 is 0 Å². The van der Waals surface area contributed by atoms with Gasteiger partial charge in [0.25, 0.3) is 0 Å². The summed E-state index contributed by atoms with van der Waals surface area (Å²) in [4.78, 5) is 0. The van der Waals surface area contributed by atoms with Crippen molar-refractivity contribution in [2.75, 3.05) is 11.9 Å². The molecule has 1 aromatic carbocycles. The first-order valence-electron chi connectivity index (χ1n) is 5.53. The molecule has 0 spiro atoms. The number of rotatable bonds is 3. The summed E-state index contributed by atoms with van der Waals surface area (Å²) in [7, 11) is 0. The Morgan fingerprint density at radius 2 is 2.18 bits per heavy atom. The molecule has 0 saturated heterocycles. The molecule has 0 heterocycles. The lowest BCUT2D eigenvalue weighted by Crippen LogP contribution is -2.15. The summed E-state index contributed by atoms with van der Waals surface area (Å²) < 4.78 is 39.4. The highest BCUT2D eigenvalue weighted by Crippen LogP contribution is 2.39. The van der Waals surface area contributed by atoms with E-state index < -0.39 is 5.92 Å². The van der Waals surface area contributed by atoms with E-state index in [0.29, 0.717) is 17.4 Å². The summed E-state index contributed by atoms with van der Waals surface area (Å²) in [6.07, 6.45) is 0.460. The van der Waals surface area contributed by atoms with Gasteiger partial charge in [-0.3, -0.25) is 0 Å². The van der Waals surface area contributed by atoms with Gasteiger partial charge in [-0.1, -0.05) is 0 Å². The zero-order valence-corrected chi connectivity index (χ0v) is 10.7. The Morgan fingerprint density at radius 3 is 2.76 bits per heavy atom. The van der Waals surface area contributed by atoms with Gasteiger partial charge in [-0.15, -0.1) is 0 Å². The van der Waals surface area contributed by atoms with Crippen LogP contribution in [0.5, 0.6) is 0 Å². The molecule has 0 bridgehead atoms. The first kappa shape index (κ1) is 12.7. The largest absolute Gasteiger partial charge is 0.384 e. The molecule has 1 N–H and O–H groups in total. The summed E-state index contributed by atoms with van der Waals surface area (Å²) in [6, 6.07) is 4.30. The van der Waals surface area contributed by atoms with Crippen LogP contribution >= 0.6 is 15.9 Å². The van der Waals surface area contributed by atoms with Crippen molar-refractivity contribution in [1.29, 1.82) is 0 Å². The van der Waals surface area contributed by atoms with Crippen LogP contribution in [0.4, 0.5) is 18.9 Å². The molecule has 1 aliphatic rings. The van der Waals surface area contributed by atoms with Crippen molar-refractivity contribution >= 4 is 21.6 Å². The average Bonchev–Trinajstić information content (AvgIpc) is 2.57. The lowest BCUT2D eigenvalue weighted by Gasteiger charge is -2.13. The maximum Gasteiger partial charge on any atom is 0.248 e. The Morgan fingerprint density at radius 1 is 1.41 bits per heavy atom. The Balaban J connectivity index is 1.90. The molecule has 1 saturated carbocycles. The van der Waals surface area contributed by atoms with Gasteiger partial charge in [0.05, 0.1) is 0 Å². The fraction of sp³-hybridized carbons (Fsp3) is 0.500. The van der Waals surface area contributed by atoms with E-state index in [0.717, 1.165) is 5.69 Å². The van der Waals surface area contributed by atoms with Crippen LogP contribution in [0.2, 0.25) is 0 Å². The average molecular weight is 308 g/mol. The maximum absolute atomic E-state index is 13.0. The minimum Gasteiger partial charge on any atom is -0.384 e. The molecule has 0 amide bonds. The number of hydrogen-bond donors (Lipinski definition) is 1. The van der Waals surface area contributed by atoms with Gasteiger partial charge in [-0.05, 0) is 46.5 Å². The van der Waals surface area contributed by atoms with Crippen LogP contribution in [-0.4, -0.2) is 12.5 Å². The van der Waals surface area contributed by atoms with Crippen molar-refractivity contribution in [1.82, 2.24) is 0 Å².